The lowest BCUT2D eigenvalue weighted by Gasteiger charge is -2.31. The van der Waals surface area contributed by atoms with E-state index in [1.165, 1.54) is 37.7 Å². The van der Waals surface area contributed by atoms with Gasteiger partial charge in [0.2, 0.25) is 0 Å². The minimum atomic E-state index is 0.746. The number of rotatable bonds is 3. The van der Waals surface area contributed by atoms with Gasteiger partial charge in [0.05, 0.1) is 0 Å². The zero-order chi connectivity index (χ0) is 8.97. The number of allylic oxidation sites excluding steroid dienone is 1. The van der Waals surface area contributed by atoms with Gasteiger partial charge in [-0.2, -0.15) is 0 Å². The van der Waals surface area contributed by atoms with Crippen LogP contribution >= 0.6 is 0 Å². The highest BCUT2D eigenvalue weighted by Gasteiger charge is 2.22. The topological polar surface area (TPSA) is 12.0 Å². The Kier molecular flexibility index (Phi) is 3.80. The van der Waals surface area contributed by atoms with Gasteiger partial charge >= 0.3 is 0 Å². The Morgan fingerprint density at radius 3 is 2.67 bits per heavy atom. The highest BCUT2D eigenvalue weighted by atomic mass is 14.9. The second kappa shape index (κ2) is 4.66. The fraction of sp³-hybridized carbons (Fsp3) is 0.818. The summed E-state index contributed by atoms with van der Waals surface area (Å²) in [5.74, 6) is 0.848. The second-order valence-corrected chi connectivity index (χ2v) is 4.10. The predicted molar refractivity (Wildman–Crippen MR) is 54.2 cm³/mol. The maximum absolute atomic E-state index is 3.99. The molecule has 12 heavy (non-hydrogen) atoms. The summed E-state index contributed by atoms with van der Waals surface area (Å²) in [5.41, 5.74) is 1.34. The Balaban J connectivity index is 2.41. The SMILES string of the molecule is C=C(C)CC1CCCCC1NC. The van der Waals surface area contributed by atoms with Gasteiger partial charge in [-0.1, -0.05) is 18.4 Å². The first-order chi connectivity index (χ1) is 5.74. The van der Waals surface area contributed by atoms with Gasteiger partial charge in [0.1, 0.15) is 0 Å². The van der Waals surface area contributed by atoms with Crippen molar-refractivity contribution in [3.63, 3.8) is 0 Å². The third-order valence-electron chi connectivity index (χ3n) is 2.89. The molecule has 70 valence electrons. The summed E-state index contributed by atoms with van der Waals surface area (Å²) in [5, 5.41) is 3.42. The van der Waals surface area contributed by atoms with Gasteiger partial charge in [-0.05, 0) is 39.2 Å². The molecule has 0 radical (unpaired) electrons. The summed E-state index contributed by atoms with van der Waals surface area (Å²) >= 11 is 0. The van der Waals surface area contributed by atoms with E-state index in [4.69, 9.17) is 0 Å². The van der Waals surface area contributed by atoms with E-state index >= 15 is 0 Å². The van der Waals surface area contributed by atoms with Gasteiger partial charge in [0, 0.05) is 6.04 Å². The lowest BCUT2D eigenvalue weighted by atomic mass is 9.81. The Hall–Kier alpha value is -0.300. The monoisotopic (exact) mass is 167 g/mol. The van der Waals surface area contributed by atoms with Gasteiger partial charge in [-0.15, -0.1) is 6.58 Å². The molecule has 1 N–H and O–H groups in total. The Morgan fingerprint density at radius 2 is 2.08 bits per heavy atom. The zero-order valence-corrected chi connectivity index (χ0v) is 8.40. The zero-order valence-electron chi connectivity index (χ0n) is 8.40. The van der Waals surface area contributed by atoms with Crippen LogP contribution in [0.5, 0.6) is 0 Å². The van der Waals surface area contributed by atoms with Gasteiger partial charge in [0.25, 0.3) is 0 Å². The molecule has 0 aliphatic heterocycles. The molecule has 0 aromatic rings. The van der Waals surface area contributed by atoms with Crippen molar-refractivity contribution in [3.8, 4) is 0 Å². The summed E-state index contributed by atoms with van der Waals surface area (Å²) < 4.78 is 0. The highest BCUT2D eigenvalue weighted by Crippen LogP contribution is 2.28. The van der Waals surface area contributed by atoms with E-state index in [0.717, 1.165) is 12.0 Å². The second-order valence-electron chi connectivity index (χ2n) is 4.10. The Morgan fingerprint density at radius 1 is 1.42 bits per heavy atom. The average Bonchev–Trinajstić information content (AvgIpc) is 2.04. The summed E-state index contributed by atoms with van der Waals surface area (Å²) in [7, 11) is 2.08. The molecule has 1 aliphatic rings. The molecule has 0 bridgehead atoms. The van der Waals surface area contributed by atoms with E-state index in [1.807, 2.05) is 0 Å². The molecule has 1 saturated carbocycles. The minimum Gasteiger partial charge on any atom is -0.317 e. The van der Waals surface area contributed by atoms with E-state index < -0.39 is 0 Å². The van der Waals surface area contributed by atoms with Crippen LogP contribution in [0, 0.1) is 5.92 Å². The molecule has 0 spiro atoms. The van der Waals surface area contributed by atoms with Crippen molar-refractivity contribution < 1.29 is 0 Å². The fourth-order valence-corrected chi connectivity index (χ4v) is 2.28. The molecule has 2 unspecified atom stereocenters. The van der Waals surface area contributed by atoms with Crippen LogP contribution < -0.4 is 5.32 Å². The first-order valence-electron chi connectivity index (χ1n) is 5.05. The van der Waals surface area contributed by atoms with Crippen LogP contribution in [-0.2, 0) is 0 Å². The van der Waals surface area contributed by atoms with Gasteiger partial charge < -0.3 is 5.32 Å². The molecule has 0 amide bonds. The van der Waals surface area contributed by atoms with Crippen molar-refractivity contribution in [2.45, 2.75) is 45.1 Å². The predicted octanol–water partition coefficient (Wildman–Crippen LogP) is 2.73. The van der Waals surface area contributed by atoms with E-state index in [9.17, 15) is 0 Å². The molecule has 2 atom stereocenters. The first-order valence-corrected chi connectivity index (χ1v) is 5.05. The molecule has 1 rings (SSSR count). The van der Waals surface area contributed by atoms with E-state index in [1.54, 1.807) is 0 Å². The lowest BCUT2D eigenvalue weighted by Crippen LogP contribution is -2.36. The molecule has 1 nitrogen and oxygen atoms in total. The van der Waals surface area contributed by atoms with Crippen molar-refractivity contribution in [1.29, 1.82) is 0 Å². The quantitative estimate of drug-likeness (QED) is 0.637. The van der Waals surface area contributed by atoms with Crippen molar-refractivity contribution in [2.24, 2.45) is 5.92 Å². The van der Waals surface area contributed by atoms with Crippen LogP contribution in [0.1, 0.15) is 39.0 Å². The molecule has 0 heterocycles. The van der Waals surface area contributed by atoms with Crippen LogP contribution in [0.3, 0.4) is 0 Å². The van der Waals surface area contributed by atoms with Crippen LogP contribution in [0.2, 0.25) is 0 Å². The Bertz CT molecular complexity index is 151. The molecule has 0 aromatic carbocycles. The van der Waals surface area contributed by atoms with Crippen molar-refractivity contribution >= 4 is 0 Å². The molecule has 0 aromatic heterocycles. The summed E-state index contributed by atoms with van der Waals surface area (Å²) in [6, 6.07) is 0.746. The minimum absolute atomic E-state index is 0.746. The maximum atomic E-state index is 3.99. The molecule has 1 fully saturated rings. The lowest BCUT2D eigenvalue weighted by molar-refractivity contribution is 0.272. The first kappa shape index (κ1) is 9.79. The van der Waals surface area contributed by atoms with Gasteiger partial charge in [-0.3, -0.25) is 0 Å². The van der Waals surface area contributed by atoms with Crippen molar-refractivity contribution in [2.75, 3.05) is 7.05 Å². The van der Waals surface area contributed by atoms with E-state index in [-0.39, 0.29) is 0 Å². The molecular weight excluding hydrogens is 146 g/mol. The van der Waals surface area contributed by atoms with Crippen LogP contribution in [-0.4, -0.2) is 13.1 Å². The number of hydrogen-bond acceptors (Lipinski definition) is 1. The standard InChI is InChI=1S/C11H21N/c1-9(2)8-10-6-4-5-7-11(10)12-3/h10-12H,1,4-8H2,2-3H3. The molecular formula is C11H21N. The summed E-state index contributed by atoms with van der Waals surface area (Å²) in [6.45, 7) is 6.13. The molecule has 1 aliphatic carbocycles. The summed E-state index contributed by atoms with van der Waals surface area (Å²) in [4.78, 5) is 0. The molecule has 0 saturated heterocycles. The fourth-order valence-electron chi connectivity index (χ4n) is 2.28. The maximum Gasteiger partial charge on any atom is 0.00953 e. The van der Waals surface area contributed by atoms with Crippen molar-refractivity contribution in [1.82, 2.24) is 5.32 Å². The highest BCUT2D eigenvalue weighted by molar-refractivity contribution is 4.94. The van der Waals surface area contributed by atoms with Crippen LogP contribution in [0.15, 0.2) is 12.2 Å². The number of hydrogen-bond donors (Lipinski definition) is 1. The van der Waals surface area contributed by atoms with Crippen molar-refractivity contribution in [3.05, 3.63) is 12.2 Å². The normalized spacial score (nSPS) is 30.2. The van der Waals surface area contributed by atoms with E-state index in [2.05, 4.69) is 25.9 Å². The van der Waals surface area contributed by atoms with Gasteiger partial charge in [-0.25, -0.2) is 0 Å². The average molecular weight is 167 g/mol. The summed E-state index contributed by atoms with van der Waals surface area (Å²) in [6.07, 6.45) is 6.77. The van der Waals surface area contributed by atoms with Gasteiger partial charge in [0.15, 0.2) is 0 Å². The third-order valence-corrected chi connectivity index (χ3v) is 2.89. The van der Waals surface area contributed by atoms with E-state index in [0.29, 0.717) is 0 Å². The van der Waals surface area contributed by atoms with Crippen LogP contribution in [0.25, 0.3) is 0 Å². The molecule has 1 heteroatoms. The number of nitrogens with one attached hydrogen (secondary N) is 1. The third kappa shape index (κ3) is 2.63. The van der Waals surface area contributed by atoms with Crippen LogP contribution in [0.4, 0.5) is 0 Å². The largest absolute Gasteiger partial charge is 0.317 e. The smallest absolute Gasteiger partial charge is 0.00953 e. The Labute approximate surface area is 76.2 Å².